The molecule has 1 N–H and O–H groups in total. The SMILES string of the molecule is Clc1ccc(CNc2cc(Br)ccc2Br)cc1Br. The van der Waals surface area contributed by atoms with Gasteiger partial charge in [-0.3, -0.25) is 0 Å². The van der Waals surface area contributed by atoms with Gasteiger partial charge in [-0.05, 0) is 67.8 Å². The lowest BCUT2D eigenvalue weighted by Gasteiger charge is -2.10. The highest BCUT2D eigenvalue weighted by Crippen LogP contribution is 2.27. The van der Waals surface area contributed by atoms with Crippen LogP contribution < -0.4 is 5.32 Å². The van der Waals surface area contributed by atoms with Gasteiger partial charge < -0.3 is 5.32 Å². The molecule has 0 aliphatic rings. The normalized spacial score (nSPS) is 10.4. The molecule has 1 nitrogen and oxygen atoms in total. The Morgan fingerprint density at radius 3 is 2.44 bits per heavy atom. The molecule has 0 bridgehead atoms. The second-order valence-electron chi connectivity index (χ2n) is 3.73. The minimum absolute atomic E-state index is 0.724. The average molecular weight is 454 g/mol. The van der Waals surface area contributed by atoms with E-state index in [0.717, 1.165) is 36.2 Å². The zero-order valence-electron chi connectivity index (χ0n) is 9.18. The molecule has 0 amide bonds. The van der Waals surface area contributed by atoms with Crippen LogP contribution in [0, 0.1) is 0 Å². The van der Waals surface area contributed by atoms with Gasteiger partial charge >= 0.3 is 0 Å². The molecule has 94 valence electrons. The smallest absolute Gasteiger partial charge is 0.0548 e. The van der Waals surface area contributed by atoms with E-state index in [4.69, 9.17) is 11.6 Å². The van der Waals surface area contributed by atoms with E-state index >= 15 is 0 Å². The van der Waals surface area contributed by atoms with Crippen molar-refractivity contribution in [2.75, 3.05) is 5.32 Å². The van der Waals surface area contributed by atoms with Gasteiger partial charge in [-0.1, -0.05) is 33.6 Å². The van der Waals surface area contributed by atoms with Crippen LogP contribution >= 0.6 is 59.4 Å². The molecule has 0 aromatic heterocycles. The minimum Gasteiger partial charge on any atom is -0.380 e. The van der Waals surface area contributed by atoms with Gasteiger partial charge in [0.1, 0.15) is 0 Å². The molecule has 0 saturated carbocycles. The molecular weight excluding hydrogens is 445 g/mol. The molecule has 2 aromatic carbocycles. The van der Waals surface area contributed by atoms with Gasteiger partial charge in [-0.15, -0.1) is 0 Å². The minimum atomic E-state index is 0.724. The Morgan fingerprint density at radius 2 is 1.72 bits per heavy atom. The van der Waals surface area contributed by atoms with Crippen molar-refractivity contribution in [3.63, 3.8) is 0 Å². The fourth-order valence-corrected chi connectivity index (χ4v) is 2.77. The standard InChI is InChI=1S/C13H9Br3ClN/c14-9-2-3-10(15)13(6-9)18-7-8-1-4-12(17)11(16)5-8/h1-6,18H,7H2. The van der Waals surface area contributed by atoms with Crippen LogP contribution in [0.3, 0.4) is 0 Å². The first-order valence-corrected chi connectivity index (χ1v) is 7.95. The maximum absolute atomic E-state index is 5.96. The zero-order chi connectivity index (χ0) is 13.1. The average Bonchev–Trinajstić information content (AvgIpc) is 2.34. The van der Waals surface area contributed by atoms with Crippen LogP contribution in [0.15, 0.2) is 49.8 Å². The van der Waals surface area contributed by atoms with Gasteiger partial charge in [0.2, 0.25) is 0 Å². The van der Waals surface area contributed by atoms with E-state index in [2.05, 4.69) is 53.1 Å². The van der Waals surface area contributed by atoms with Crippen molar-refractivity contribution in [3.05, 3.63) is 60.4 Å². The lowest BCUT2D eigenvalue weighted by Crippen LogP contribution is -2.00. The second kappa shape index (κ2) is 6.42. The molecule has 2 aromatic rings. The predicted octanol–water partition coefficient (Wildman–Crippen LogP) is 6.24. The maximum atomic E-state index is 5.96. The summed E-state index contributed by atoms with van der Waals surface area (Å²) in [6.45, 7) is 0.741. The second-order valence-corrected chi connectivity index (χ2v) is 6.76. The summed E-state index contributed by atoms with van der Waals surface area (Å²) in [5.74, 6) is 0. The first kappa shape index (κ1) is 14.4. The molecule has 0 aliphatic heterocycles. The molecule has 0 saturated heterocycles. The molecule has 0 heterocycles. The van der Waals surface area contributed by atoms with Crippen LogP contribution in [0.25, 0.3) is 0 Å². The maximum Gasteiger partial charge on any atom is 0.0548 e. The molecule has 0 aliphatic carbocycles. The lowest BCUT2D eigenvalue weighted by atomic mass is 10.2. The van der Waals surface area contributed by atoms with Gasteiger partial charge in [0.05, 0.1) is 5.02 Å². The van der Waals surface area contributed by atoms with Crippen LogP contribution in [-0.2, 0) is 6.54 Å². The van der Waals surface area contributed by atoms with Gasteiger partial charge in [-0.25, -0.2) is 0 Å². The lowest BCUT2D eigenvalue weighted by molar-refractivity contribution is 1.14. The quantitative estimate of drug-likeness (QED) is 0.579. The number of anilines is 1. The number of halogens is 4. The first-order valence-electron chi connectivity index (χ1n) is 5.19. The van der Waals surface area contributed by atoms with Gasteiger partial charge in [-0.2, -0.15) is 0 Å². The highest BCUT2D eigenvalue weighted by Gasteiger charge is 2.02. The third-order valence-electron chi connectivity index (χ3n) is 2.40. The van der Waals surface area contributed by atoms with Crippen molar-refractivity contribution in [1.29, 1.82) is 0 Å². The summed E-state index contributed by atoms with van der Waals surface area (Å²) in [6.07, 6.45) is 0. The third kappa shape index (κ3) is 3.73. The van der Waals surface area contributed by atoms with Gasteiger partial charge in [0, 0.05) is 25.7 Å². The van der Waals surface area contributed by atoms with E-state index in [1.54, 1.807) is 0 Å². The summed E-state index contributed by atoms with van der Waals surface area (Å²) in [5.41, 5.74) is 2.22. The van der Waals surface area contributed by atoms with E-state index in [9.17, 15) is 0 Å². The number of rotatable bonds is 3. The number of hydrogen-bond acceptors (Lipinski definition) is 1. The fourth-order valence-electron chi connectivity index (χ4n) is 1.48. The Hall–Kier alpha value is -0.0300. The molecule has 0 radical (unpaired) electrons. The Morgan fingerprint density at radius 1 is 0.944 bits per heavy atom. The van der Waals surface area contributed by atoms with Crippen LogP contribution in [-0.4, -0.2) is 0 Å². The van der Waals surface area contributed by atoms with E-state index in [1.807, 2.05) is 36.4 Å². The van der Waals surface area contributed by atoms with Crippen molar-refractivity contribution in [2.24, 2.45) is 0 Å². The Labute approximate surface area is 136 Å². The summed E-state index contributed by atoms with van der Waals surface area (Å²) < 4.78 is 3.00. The molecule has 2 rings (SSSR count). The summed E-state index contributed by atoms with van der Waals surface area (Å²) >= 11 is 16.4. The number of benzene rings is 2. The molecule has 18 heavy (non-hydrogen) atoms. The molecule has 0 spiro atoms. The predicted molar refractivity (Wildman–Crippen MR) is 88.3 cm³/mol. The van der Waals surface area contributed by atoms with Crippen molar-refractivity contribution in [1.82, 2.24) is 0 Å². The summed E-state index contributed by atoms with van der Waals surface area (Å²) in [6, 6.07) is 11.9. The van der Waals surface area contributed by atoms with E-state index in [1.165, 1.54) is 0 Å². The van der Waals surface area contributed by atoms with Crippen LogP contribution in [0.1, 0.15) is 5.56 Å². The van der Waals surface area contributed by atoms with Gasteiger partial charge in [0.15, 0.2) is 0 Å². The summed E-state index contributed by atoms with van der Waals surface area (Å²) in [7, 11) is 0. The molecule has 0 fully saturated rings. The van der Waals surface area contributed by atoms with Crippen molar-refractivity contribution >= 4 is 65.1 Å². The molecular formula is C13H9Br3ClN. The zero-order valence-corrected chi connectivity index (χ0v) is 14.7. The van der Waals surface area contributed by atoms with Crippen molar-refractivity contribution in [2.45, 2.75) is 6.54 Å². The number of nitrogens with one attached hydrogen (secondary N) is 1. The van der Waals surface area contributed by atoms with Crippen LogP contribution in [0.4, 0.5) is 5.69 Å². The topological polar surface area (TPSA) is 12.0 Å². The largest absolute Gasteiger partial charge is 0.380 e. The van der Waals surface area contributed by atoms with Crippen LogP contribution in [0.2, 0.25) is 5.02 Å². The molecule has 0 atom stereocenters. The Balaban J connectivity index is 2.11. The first-order chi connectivity index (χ1) is 8.56. The van der Waals surface area contributed by atoms with Crippen LogP contribution in [0.5, 0.6) is 0 Å². The van der Waals surface area contributed by atoms with Crippen molar-refractivity contribution in [3.8, 4) is 0 Å². The highest BCUT2D eigenvalue weighted by atomic mass is 79.9. The molecule has 0 unspecified atom stereocenters. The number of hydrogen-bond donors (Lipinski definition) is 1. The fraction of sp³-hybridized carbons (Fsp3) is 0.0769. The Bertz CT molecular complexity index is 572. The summed E-state index contributed by atoms with van der Waals surface area (Å²) in [4.78, 5) is 0. The van der Waals surface area contributed by atoms with Gasteiger partial charge in [0.25, 0.3) is 0 Å². The monoisotopic (exact) mass is 451 g/mol. The van der Waals surface area contributed by atoms with E-state index < -0.39 is 0 Å². The van der Waals surface area contributed by atoms with Crippen molar-refractivity contribution < 1.29 is 0 Å². The van der Waals surface area contributed by atoms with E-state index in [0.29, 0.717) is 0 Å². The Kier molecular flexibility index (Phi) is 5.13. The van der Waals surface area contributed by atoms with E-state index in [-0.39, 0.29) is 0 Å². The third-order valence-corrected chi connectivity index (χ3v) is 4.79. The highest BCUT2D eigenvalue weighted by molar-refractivity contribution is 9.11. The summed E-state index contributed by atoms with van der Waals surface area (Å²) in [5, 5.41) is 4.10. The molecule has 5 heteroatoms.